The third kappa shape index (κ3) is 2.46. The second-order valence-electron chi connectivity index (χ2n) is 4.96. The molecule has 2 aromatic rings. The molecule has 1 aliphatic rings. The van der Waals surface area contributed by atoms with Gasteiger partial charge in [-0.3, -0.25) is 0 Å². The largest absolute Gasteiger partial charge is 0.493 e. The number of nitrogens with one attached hydrogen (secondary N) is 1. The minimum absolute atomic E-state index is 0.106. The van der Waals surface area contributed by atoms with E-state index in [9.17, 15) is 8.78 Å². The summed E-state index contributed by atoms with van der Waals surface area (Å²) < 4.78 is 31.6. The third-order valence-corrected chi connectivity index (χ3v) is 3.52. The molecule has 0 aromatic heterocycles. The van der Waals surface area contributed by atoms with Gasteiger partial charge in [-0.2, -0.15) is 0 Å². The number of anilines is 1. The lowest BCUT2D eigenvalue weighted by Crippen LogP contribution is -2.07. The average Bonchev–Trinajstić information content (AvgIpc) is 2.89. The van der Waals surface area contributed by atoms with Gasteiger partial charge in [0.2, 0.25) is 0 Å². The molecule has 20 heavy (non-hydrogen) atoms. The van der Waals surface area contributed by atoms with Gasteiger partial charge in [-0.05, 0) is 48.4 Å². The highest BCUT2D eigenvalue weighted by molar-refractivity contribution is 5.53. The van der Waals surface area contributed by atoms with E-state index in [0.29, 0.717) is 5.56 Å². The van der Waals surface area contributed by atoms with Crippen LogP contribution in [0.25, 0.3) is 0 Å². The van der Waals surface area contributed by atoms with Crippen LogP contribution in [0, 0.1) is 11.6 Å². The summed E-state index contributed by atoms with van der Waals surface area (Å²) in [6.45, 7) is 2.63. The Balaban J connectivity index is 1.78. The zero-order chi connectivity index (χ0) is 14.1. The molecule has 1 atom stereocenters. The lowest BCUT2D eigenvalue weighted by Gasteiger charge is -2.16. The van der Waals surface area contributed by atoms with Crippen molar-refractivity contribution in [3.63, 3.8) is 0 Å². The van der Waals surface area contributed by atoms with Crippen LogP contribution in [0.3, 0.4) is 0 Å². The van der Waals surface area contributed by atoms with E-state index < -0.39 is 11.6 Å². The van der Waals surface area contributed by atoms with Crippen LogP contribution < -0.4 is 10.1 Å². The first-order valence-electron chi connectivity index (χ1n) is 6.61. The van der Waals surface area contributed by atoms with E-state index >= 15 is 0 Å². The molecular weight excluding hydrogens is 260 g/mol. The molecule has 0 bridgehead atoms. The Morgan fingerprint density at radius 1 is 1.10 bits per heavy atom. The molecule has 0 saturated carbocycles. The first kappa shape index (κ1) is 12.9. The van der Waals surface area contributed by atoms with Crippen LogP contribution >= 0.6 is 0 Å². The smallest absolute Gasteiger partial charge is 0.159 e. The molecule has 4 heteroatoms. The zero-order valence-electron chi connectivity index (χ0n) is 11.1. The Morgan fingerprint density at radius 2 is 1.95 bits per heavy atom. The summed E-state index contributed by atoms with van der Waals surface area (Å²) in [5, 5.41) is 3.29. The quantitative estimate of drug-likeness (QED) is 0.911. The maximum Gasteiger partial charge on any atom is 0.159 e. The van der Waals surface area contributed by atoms with Crippen molar-refractivity contribution >= 4 is 5.69 Å². The standard InChI is InChI=1S/C16H15F2NO/c1-10(11-2-4-14(17)15(18)9-11)19-13-3-5-16-12(8-13)6-7-20-16/h2-5,8-10,19H,6-7H2,1H3. The van der Waals surface area contributed by atoms with Gasteiger partial charge >= 0.3 is 0 Å². The summed E-state index contributed by atoms with van der Waals surface area (Å²) in [7, 11) is 0. The summed E-state index contributed by atoms with van der Waals surface area (Å²) in [6.07, 6.45) is 0.907. The monoisotopic (exact) mass is 275 g/mol. The molecule has 3 rings (SSSR count). The Kier molecular flexibility index (Phi) is 3.30. The second-order valence-corrected chi connectivity index (χ2v) is 4.96. The maximum absolute atomic E-state index is 13.2. The van der Waals surface area contributed by atoms with E-state index in [-0.39, 0.29) is 6.04 Å². The van der Waals surface area contributed by atoms with Crippen molar-refractivity contribution in [1.82, 2.24) is 0 Å². The molecule has 0 radical (unpaired) electrons. The highest BCUT2D eigenvalue weighted by Gasteiger charge is 2.14. The molecule has 1 aliphatic heterocycles. The van der Waals surface area contributed by atoms with Gasteiger partial charge in [-0.15, -0.1) is 0 Å². The molecule has 2 nitrogen and oxygen atoms in total. The van der Waals surface area contributed by atoms with Gasteiger partial charge in [0.05, 0.1) is 6.61 Å². The third-order valence-electron chi connectivity index (χ3n) is 3.52. The second kappa shape index (κ2) is 5.12. The predicted octanol–water partition coefficient (Wildman–Crippen LogP) is 4.07. The highest BCUT2D eigenvalue weighted by atomic mass is 19.2. The molecule has 0 spiro atoms. The SMILES string of the molecule is CC(Nc1ccc2c(c1)CCO2)c1ccc(F)c(F)c1. The number of hydrogen-bond donors (Lipinski definition) is 1. The average molecular weight is 275 g/mol. The van der Waals surface area contributed by atoms with E-state index in [1.54, 1.807) is 6.07 Å². The molecule has 1 heterocycles. The first-order valence-corrected chi connectivity index (χ1v) is 6.61. The van der Waals surface area contributed by atoms with Crippen molar-refractivity contribution in [3.8, 4) is 5.75 Å². The van der Waals surface area contributed by atoms with Crippen molar-refractivity contribution < 1.29 is 13.5 Å². The lowest BCUT2D eigenvalue weighted by atomic mass is 10.1. The molecular formula is C16H15F2NO. The molecule has 104 valence electrons. The zero-order valence-corrected chi connectivity index (χ0v) is 11.1. The highest BCUT2D eigenvalue weighted by Crippen LogP contribution is 2.29. The normalized spacial score (nSPS) is 14.6. The molecule has 1 unspecified atom stereocenters. The predicted molar refractivity (Wildman–Crippen MR) is 74.0 cm³/mol. The fourth-order valence-electron chi connectivity index (χ4n) is 2.39. The number of fused-ring (bicyclic) bond motifs is 1. The lowest BCUT2D eigenvalue weighted by molar-refractivity contribution is 0.357. The van der Waals surface area contributed by atoms with Gasteiger partial charge in [0.25, 0.3) is 0 Å². The van der Waals surface area contributed by atoms with Crippen molar-refractivity contribution in [1.29, 1.82) is 0 Å². The molecule has 0 aliphatic carbocycles. The van der Waals surface area contributed by atoms with Gasteiger partial charge in [-0.25, -0.2) is 8.78 Å². The minimum Gasteiger partial charge on any atom is -0.493 e. The van der Waals surface area contributed by atoms with Crippen LogP contribution in [0.5, 0.6) is 5.75 Å². The van der Waals surface area contributed by atoms with Crippen LogP contribution in [0.15, 0.2) is 36.4 Å². The summed E-state index contributed by atoms with van der Waals surface area (Å²) in [5.74, 6) is -0.717. The fourth-order valence-corrected chi connectivity index (χ4v) is 2.39. The van der Waals surface area contributed by atoms with E-state index in [0.717, 1.165) is 30.5 Å². The van der Waals surface area contributed by atoms with Crippen molar-refractivity contribution in [2.75, 3.05) is 11.9 Å². The van der Waals surface area contributed by atoms with E-state index in [2.05, 4.69) is 5.32 Å². The Labute approximate surface area is 116 Å². The van der Waals surface area contributed by atoms with Gasteiger partial charge in [0, 0.05) is 18.2 Å². The topological polar surface area (TPSA) is 21.3 Å². The van der Waals surface area contributed by atoms with E-state index in [4.69, 9.17) is 4.74 Å². The Bertz CT molecular complexity index is 642. The van der Waals surface area contributed by atoms with Crippen LogP contribution in [-0.4, -0.2) is 6.61 Å². The first-order chi connectivity index (χ1) is 9.63. The number of rotatable bonds is 3. The van der Waals surface area contributed by atoms with Crippen LogP contribution in [0.4, 0.5) is 14.5 Å². The molecule has 0 fully saturated rings. The van der Waals surface area contributed by atoms with Crippen molar-refractivity contribution in [2.24, 2.45) is 0 Å². The number of benzene rings is 2. The molecule has 1 N–H and O–H groups in total. The van der Waals surface area contributed by atoms with Gasteiger partial charge in [-0.1, -0.05) is 6.07 Å². The van der Waals surface area contributed by atoms with Crippen LogP contribution in [0.2, 0.25) is 0 Å². The Hall–Kier alpha value is -2.10. The summed E-state index contributed by atoms with van der Waals surface area (Å²) in [4.78, 5) is 0. The summed E-state index contributed by atoms with van der Waals surface area (Å²) in [6, 6.07) is 9.77. The number of hydrogen-bond acceptors (Lipinski definition) is 2. The van der Waals surface area contributed by atoms with Gasteiger partial charge in [0.1, 0.15) is 5.75 Å². The molecule has 2 aromatic carbocycles. The fraction of sp³-hybridized carbons (Fsp3) is 0.250. The number of ether oxygens (including phenoxy) is 1. The molecule has 0 amide bonds. The van der Waals surface area contributed by atoms with E-state index in [1.807, 2.05) is 25.1 Å². The summed E-state index contributed by atoms with van der Waals surface area (Å²) >= 11 is 0. The van der Waals surface area contributed by atoms with Crippen LogP contribution in [-0.2, 0) is 6.42 Å². The summed E-state index contributed by atoms with van der Waals surface area (Å²) in [5.41, 5.74) is 2.83. The van der Waals surface area contributed by atoms with E-state index in [1.165, 1.54) is 11.6 Å². The van der Waals surface area contributed by atoms with Gasteiger partial charge < -0.3 is 10.1 Å². The minimum atomic E-state index is -0.823. The van der Waals surface area contributed by atoms with Gasteiger partial charge in [0.15, 0.2) is 11.6 Å². The number of halogens is 2. The van der Waals surface area contributed by atoms with Crippen molar-refractivity contribution in [3.05, 3.63) is 59.2 Å². The van der Waals surface area contributed by atoms with Crippen LogP contribution in [0.1, 0.15) is 24.1 Å². The Morgan fingerprint density at radius 3 is 2.75 bits per heavy atom. The molecule has 0 saturated heterocycles. The van der Waals surface area contributed by atoms with Crippen molar-refractivity contribution in [2.45, 2.75) is 19.4 Å². The maximum atomic E-state index is 13.2.